The number of aromatic nitrogens is 2. The minimum Gasteiger partial charge on any atom is -0.497 e. The number of benzene rings is 2. The third kappa shape index (κ3) is 5.16. The van der Waals surface area contributed by atoms with E-state index in [1.807, 2.05) is 60.8 Å². The van der Waals surface area contributed by atoms with Gasteiger partial charge >= 0.3 is 6.09 Å². The average molecular weight is 449 g/mol. The Kier molecular flexibility index (Phi) is 6.92. The fourth-order valence-electron chi connectivity index (χ4n) is 3.89. The maximum Gasteiger partial charge on any atom is 0.409 e. The average Bonchev–Trinajstić information content (AvgIpc) is 3.28. The molecule has 33 heavy (non-hydrogen) atoms. The van der Waals surface area contributed by atoms with E-state index >= 15 is 0 Å². The van der Waals surface area contributed by atoms with E-state index in [1.54, 1.807) is 28.5 Å². The maximum atomic E-state index is 13.5. The summed E-state index contributed by atoms with van der Waals surface area (Å²) in [5.41, 5.74) is 3.06. The van der Waals surface area contributed by atoms with Crippen LogP contribution >= 0.6 is 0 Å². The summed E-state index contributed by atoms with van der Waals surface area (Å²) >= 11 is 0. The van der Waals surface area contributed by atoms with Gasteiger partial charge in [0.25, 0.3) is 5.91 Å². The van der Waals surface area contributed by atoms with Gasteiger partial charge in [-0.25, -0.2) is 4.79 Å². The molecule has 8 heteroatoms. The van der Waals surface area contributed by atoms with Crippen molar-refractivity contribution in [1.29, 1.82) is 0 Å². The van der Waals surface area contributed by atoms with Crippen LogP contribution in [0, 0.1) is 0 Å². The van der Waals surface area contributed by atoms with Crippen LogP contribution in [0.5, 0.6) is 5.75 Å². The smallest absolute Gasteiger partial charge is 0.409 e. The Balaban J connectivity index is 1.60. The van der Waals surface area contributed by atoms with E-state index in [9.17, 15) is 9.59 Å². The Hall–Kier alpha value is -3.81. The zero-order valence-electron chi connectivity index (χ0n) is 18.9. The monoisotopic (exact) mass is 448 g/mol. The number of methoxy groups -OCH3 is 1. The van der Waals surface area contributed by atoms with E-state index in [4.69, 9.17) is 14.6 Å². The molecule has 0 N–H and O–H groups in total. The number of carbonyl (C=O) groups excluding carboxylic acids is 2. The molecule has 1 aromatic heterocycles. The third-order valence-corrected chi connectivity index (χ3v) is 5.62. The van der Waals surface area contributed by atoms with Gasteiger partial charge in [0.1, 0.15) is 11.4 Å². The molecule has 0 saturated carbocycles. The predicted molar refractivity (Wildman–Crippen MR) is 124 cm³/mol. The standard InChI is InChI=1S/C25H28N4O4/c1-3-33-25(31)28-14-12-27(13-15-28)24(30)22-18-29(17-19-8-5-4-6-9-19)26-23(22)20-10-7-11-21(16-20)32-2/h4-11,16,18H,3,12-15,17H2,1-2H3. The Morgan fingerprint density at radius 3 is 2.39 bits per heavy atom. The highest BCUT2D eigenvalue weighted by Gasteiger charge is 2.28. The zero-order valence-corrected chi connectivity index (χ0v) is 18.9. The number of amides is 2. The molecule has 0 radical (unpaired) electrons. The van der Waals surface area contributed by atoms with Crippen molar-refractivity contribution in [3.63, 3.8) is 0 Å². The number of nitrogens with zero attached hydrogens (tertiary/aromatic N) is 4. The largest absolute Gasteiger partial charge is 0.497 e. The molecule has 172 valence electrons. The Morgan fingerprint density at radius 2 is 1.70 bits per heavy atom. The number of hydrogen-bond donors (Lipinski definition) is 0. The quantitative estimate of drug-likeness (QED) is 0.577. The predicted octanol–water partition coefficient (Wildman–Crippen LogP) is 3.52. The first-order chi connectivity index (χ1) is 16.1. The molecule has 2 heterocycles. The van der Waals surface area contributed by atoms with Crippen LogP contribution in [-0.2, 0) is 11.3 Å². The van der Waals surface area contributed by atoms with E-state index < -0.39 is 0 Å². The molecular weight excluding hydrogens is 420 g/mol. The van der Waals surface area contributed by atoms with E-state index in [1.165, 1.54) is 0 Å². The summed E-state index contributed by atoms with van der Waals surface area (Å²) in [6.45, 7) is 4.45. The minimum absolute atomic E-state index is 0.101. The number of hydrogen-bond acceptors (Lipinski definition) is 5. The van der Waals surface area contributed by atoms with Gasteiger partial charge in [-0.05, 0) is 24.6 Å². The van der Waals surface area contributed by atoms with Gasteiger partial charge in [0.15, 0.2) is 0 Å². The second kappa shape index (κ2) is 10.2. The molecule has 2 amide bonds. The Labute approximate surface area is 193 Å². The van der Waals surface area contributed by atoms with Gasteiger partial charge in [-0.3, -0.25) is 9.48 Å². The van der Waals surface area contributed by atoms with Crippen molar-refractivity contribution in [1.82, 2.24) is 19.6 Å². The molecule has 3 aromatic rings. The molecule has 0 unspecified atom stereocenters. The van der Waals surface area contributed by atoms with Gasteiger partial charge < -0.3 is 19.3 Å². The SMILES string of the molecule is CCOC(=O)N1CCN(C(=O)c2cn(Cc3ccccc3)nc2-c2cccc(OC)c2)CC1. The second-order valence-electron chi connectivity index (χ2n) is 7.78. The van der Waals surface area contributed by atoms with Gasteiger partial charge in [0, 0.05) is 37.9 Å². The van der Waals surface area contributed by atoms with E-state index in [0.29, 0.717) is 56.3 Å². The van der Waals surface area contributed by atoms with Gasteiger partial charge in [-0.1, -0.05) is 42.5 Å². The third-order valence-electron chi connectivity index (χ3n) is 5.62. The second-order valence-corrected chi connectivity index (χ2v) is 7.78. The molecule has 0 spiro atoms. The summed E-state index contributed by atoms with van der Waals surface area (Å²) in [5.74, 6) is 0.599. The van der Waals surface area contributed by atoms with Crippen molar-refractivity contribution in [2.75, 3.05) is 39.9 Å². The molecular formula is C25H28N4O4. The van der Waals surface area contributed by atoms with E-state index in [2.05, 4.69) is 0 Å². The minimum atomic E-state index is -0.336. The highest BCUT2D eigenvalue weighted by Crippen LogP contribution is 2.27. The molecule has 4 rings (SSSR count). The van der Waals surface area contributed by atoms with Crippen LogP contribution in [-0.4, -0.2) is 71.5 Å². The highest BCUT2D eigenvalue weighted by atomic mass is 16.6. The van der Waals surface area contributed by atoms with Crippen molar-refractivity contribution in [3.05, 3.63) is 71.9 Å². The van der Waals surface area contributed by atoms with Crippen LogP contribution in [0.1, 0.15) is 22.8 Å². The van der Waals surface area contributed by atoms with Crippen molar-refractivity contribution in [2.45, 2.75) is 13.5 Å². The van der Waals surface area contributed by atoms with Crippen LogP contribution in [0.4, 0.5) is 4.79 Å². The number of ether oxygens (including phenoxy) is 2. The van der Waals surface area contributed by atoms with Crippen molar-refractivity contribution >= 4 is 12.0 Å². The van der Waals surface area contributed by atoms with Gasteiger partial charge in [0.05, 0.1) is 25.8 Å². The molecule has 2 aromatic carbocycles. The van der Waals surface area contributed by atoms with Gasteiger partial charge in [-0.15, -0.1) is 0 Å². The number of rotatable bonds is 6. The molecule has 0 atom stereocenters. The molecule has 1 aliphatic heterocycles. The molecule has 1 aliphatic rings. The molecule has 0 aliphatic carbocycles. The Morgan fingerprint density at radius 1 is 0.970 bits per heavy atom. The van der Waals surface area contributed by atoms with Crippen molar-refractivity contribution < 1.29 is 19.1 Å². The van der Waals surface area contributed by atoms with Crippen LogP contribution in [0.25, 0.3) is 11.3 Å². The molecule has 0 bridgehead atoms. The first-order valence-electron chi connectivity index (χ1n) is 11.1. The first kappa shape index (κ1) is 22.4. The summed E-state index contributed by atoms with van der Waals surface area (Å²) in [4.78, 5) is 28.9. The lowest BCUT2D eigenvalue weighted by Gasteiger charge is -2.34. The summed E-state index contributed by atoms with van der Waals surface area (Å²) < 4.78 is 12.2. The zero-order chi connectivity index (χ0) is 23.2. The fraction of sp³-hybridized carbons (Fsp3) is 0.320. The molecule has 8 nitrogen and oxygen atoms in total. The van der Waals surface area contributed by atoms with Crippen LogP contribution in [0.3, 0.4) is 0 Å². The first-order valence-corrected chi connectivity index (χ1v) is 11.1. The van der Waals surface area contributed by atoms with Crippen LogP contribution < -0.4 is 4.74 Å². The van der Waals surface area contributed by atoms with E-state index in [-0.39, 0.29) is 12.0 Å². The van der Waals surface area contributed by atoms with Crippen LogP contribution in [0.15, 0.2) is 60.8 Å². The fourth-order valence-corrected chi connectivity index (χ4v) is 3.89. The summed E-state index contributed by atoms with van der Waals surface area (Å²) in [6.07, 6.45) is 1.47. The summed E-state index contributed by atoms with van der Waals surface area (Å²) in [5, 5.41) is 4.76. The molecule has 1 fully saturated rings. The summed E-state index contributed by atoms with van der Waals surface area (Å²) in [7, 11) is 1.61. The lowest BCUT2D eigenvalue weighted by Crippen LogP contribution is -2.50. The van der Waals surface area contributed by atoms with Crippen LogP contribution in [0.2, 0.25) is 0 Å². The Bertz CT molecular complexity index is 1100. The van der Waals surface area contributed by atoms with Crippen molar-refractivity contribution in [2.24, 2.45) is 0 Å². The lowest BCUT2D eigenvalue weighted by atomic mass is 10.1. The van der Waals surface area contributed by atoms with Crippen molar-refractivity contribution in [3.8, 4) is 17.0 Å². The number of piperazine rings is 1. The van der Waals surface area contributed by atoms with Gasteiger partial charge in [0.2, 0.25) is 0 Å². The topological polar surface area (TPSA) is 76.9 Å². The lowest BCUT2D eigenvalue weighted by molar-refractivity contribution is 0.0571. The highest BCUT2D eigenvalue weighted by molar-refractivity contribution is 6.00. The summed E-state index contributed by atoms with van der Waals surface area (Å²) in [6, 6.07) is 17.5. The van der Waals surface area contributed by atoms with E-state index in [0.717, 1.165) is 11.1 Å². The normalized spacial score (nSPS) is 13.6. The maximum absolute atomic E-state index is 13.5. The molecule has 1 saturated heterocycles. The van der Waals surface area contributed by atoms with Gasteiger partial charge in [-0.2, -0.15) is 5.10 Å². The number of carbonyl (C=O) groups is 2.